The van der Waals surface area contributed by atoms with Crippen LogP contribution in [0, 0.1) is 17.7 Å². The van der Waals surface area contributed by atoms with E-state index in [1.54, 1.807) is 0 Å². The van der Waals surface area contributed by atoms with E-state index in [4.69, 9.17) is 23.2 Å². The summed E-state index contributed by atoms with van der Waals surface area (Å²) >= 11 is 11.6. The van der Waals surface area contributed by atoms with Crippen LogP contribution < -0.4 is 4.90 Å². The summed E-state index contributed by atoms with van der Waals surface area (Å²) in [6, 6.07) is 0. The van der Waals surface area contributed by atoms with Gasteiger partial charge in [-0.05, 0) is 29.9 Å². The van der Waals surface area contributed by atoms with E-state index in [9.17, 15) is 4.39 Å². The lowest BCUT2D eigenvalue weighted by molar-refractivity contribution is 0.631. The Morgan fingerprint density at radius 2 is 1.95 bits per heavy atom. The van der Waals surface area contributed by atoms with Crippen molar-refractivity contribution in [3.05, 3.63) is 22.5 Å². The number of pyridine rings is 1. The minimum Gasteiger partial charge on any atom is -0.355 e. The van der Waals surface area contributed by atoms with Crippen molar-refractivity contribution in [3.63, 3.8) is 0 Å². The summed E-state index contributed by atoms with van der Waals surface area (Å²) in [4.78, 5) is 14.1. The van der Waals surface area contributed by atoms with Gasteiger partial charge >= 0.3 is 0 Å². The van der Waals surface area contributed by atoms with Crippen LogP contribution in [-0.4, -0.2) is 28.0 Å². The minimum atomic E-state index is -0.644. The summed E-state index contributed by atoms with van der Waals surface area (Å²) in [6.45, 7) is 1.88. The molecule has 0 N–H and O–H groups in total. The van der Waals surface area contributed by atoms with Crippen LogP contribution in [0.15, 0.2) is 6.20 Å². The standard InChI is InChI=1S/C12H9Cl2FN4/c13-10-8(15)9-7(2-16-10)11(18-12(14)17-9)19-3-5-1-6(5)4-19/h2,5-6H,1,3-4H2/t5-,6+. The largest absolute Gasteiger partial charge is 0.355 e. The van der Waals surface area contributed by atoms with Crippen LogP contribution in [0.3, 0.4) is 0 Å². The number of piperidine rings is 1. The molecule has 98 valence electrons. The van der Waals surface area contributed by atoms with Crippen LogP contribution in [0.4, 0.5) is 10.2 Å². The number of hydrogen-bond donors (Lipinski definition) is 0. The smallest absolute Gasteiger partial charge is 0.225 e. The third kappa shape index (κ3) is 1.75. The van der Waals surface area contributed by atoms with E-state index in [0.717, 1.165) is 24.9 Å². The molecule has 2 aliphatic rings. The predicted molar refractivity (Wildman–Crippen MR) is 71.1 cm³/mol. The normalized spacial score (nSPS) is 24.9. The van der Waals surface area contributed by atoms with E-state index >= 15 is 0 Å². The zero-order valence-electron chi connectivity index (χ0n) is 9.78. The highest BCUT2D eigenvalue weighted by Crippen LogP contribution is 2.47. The number of halogens is 3. The molecule has 2 aromatic heterocycles. The highest BCUT2D eigenvalue weighted by molar-refractivity contribution is 6.30. The van der Waals surface area contributed by atoms with Crippen molar-refractivity contribution in [2.45, 2.75) is 6.42 Å². The first-order chi connectivity index (χ1) is 9.13. The average Bonchev–Trinajstić information content (AvgIpc) is 3.00. The Kier molecular flexibility index (Phi) is 2.38. The molecule has 0 spiro atoms. The van der Waals surface area contributed by atoms with E-state index in [0.29, 0.717) is 11.2 Å². The van der Waals surface area contributed by atoms with E-state index in [2.05, 4.69) is 19.9 Å². The number of rotatable bonds is 1. The Morgan fingerprint density at radius 3 is 2.68 bits per heavy atom. The van der Waals surface area contributed by atoms with Gasteiger partial charge in [-0.25, -0.2) is 14.4 Å². The molecule has 3 heterocycles. The number of fused-ring (bicyclic) bond motifs is 2. The van der Waals surface area contributed by atoms with Gasteiger partial charge in [0, 0.05) is 19.3 Å². The van der Waals surface area contributed by atoms with Gasteiger partial charge in [0.15, 0.2) is 11.0 Å². The maximum atomic E-state index is 14.0. The second kappa shape index (κ2) is 3.90. The lowest BCUT2D eigenvalue weighted by Gasteiger charge is -2.20. The highest BCUT2D eigenvalue weighted by Gasteiger charge is 2.45. The van der Waals surface area contributed by atoms with Crippen molar-refractivity contribution < 1.29 is 4.39 Å². The molecule has 2 aromatic rings. The molecule has 19 heavy (non-hydrogen) atoms. The SMILES string of the molecule is Fc1c(Cl)ncc2c(N3C[C@H]4C[C@H]4C3)nc(Cl)nc12. The molecule has 7 heteroatoms. The molecule has 1 saturated carbocycles. The van der Waals surface area contributed by atoms with Gasteiger partial charge in [-0.1, -0.05) is 11.6 Å². The van der Waals surface area contributed by atoms with E-state index in [1.807, 2.05) is 0 Å². The summed E-state index contributed by atoms with van der Waals surface area (Å²) in [7, 11) is 0. The average molecular weight is 299 g/mol. The molecule has 4 rings (SSSR count). The number of hydrogen-bond acceptors (Lipinski definition) is 4. The third-order valence-electron chi connectivity index (χ3n) is 3.87. The van der Waals surface area contributed by atoms with Gasteiger partial charge in [0.1, 0.15) is 11.3 Å². The van der Waals surface area contributed by atoms with E-state index < -0.39 is 5.82 Å². The van der Waals surface area contributed by atoms with Crippen molar-refractivity contribution in [1.29, 1.82) is 0 Å². The predicted octanol–water partition coefficient (Wildman–Crippen LogP) is 2.93. The van der Waals surface area contributed by atoms with Gasteiger partial charge in [0.2, 0.25) is 5.28 Å². The topological polar surface area (TPSA) is 41.9 Å². The van der Waals surface area contributed by atoms with Crippen molar-refractivity contribution in [1.82, 2.24) is 15.0 Å². The van der Waals surface area contributed by atoms with Crippen molar-refractivity contribution in [2.75, 3.05) is 18.0 Å². The lowest BCUT2D eigenvalue weighted by Crippen LogP contribution is -2.23. The molecular formula is C12H9Cl2FN4. The molecule has 1 aliphatic heterocycles. The molecule has 2 atom stereocenters. The Hall–Kier alpha value is -1.20. The van der Waals surface area contributed by atoms with Crippen LogP contribution in [0.2, 0.25) is 10.4 Å². The zero-order chi connectivity index (χ0) is 13.1. The van der Waals surface area contributed by atoms with E-state index in [-0.39, 0.29) is 16.0 Å². The molecule has 0 bridgehead atoms. The molecule has 0 unspecified atom stereocenters. The fraction of sp³-hybridized carbons (Fsp3) is 0.417. The monoisotopic (exact) mass is 298 g/mol. The highest BCUT2D eigenvalue weighted by atomic mass is 35.5. The first-order valence-electron chi connectivity index (χ1n) is 6.05. The fourth-order valence-corrected chi connectivity index (χ4v) is 3.11. The second-order valence-electron chi connectivity index (χ2n) is 5.10. The molecule has 0 radical (unpaired) electrons. The minimum absolute atomic E-state index is 0.0317. The van der Waals surface area contributed by atoms with Crippen LogP contribution in [0.25, 0.3) is 10.9 Å². The molecule has 1 saturated heterocycles. The molecule has 0 aromatic carbocycles. The first-order valence-corrected chi connectivity index (χ1v) is 6.81. The van der Waals surface area contributed by atoms with Crippen molar-refractivity contribution >= 4 is 39.9 Å². The van der Waals surface area contributed by atoms with Crippen LogP contribution in [0.5, 0.6) is 0 Å². The molecular weight excluding hydrogens is 290 g/mol. The molecule has 1 aliphatic carbocycles. The number of anilines is 1. The second-order valence-corrected chi connectivity index (χ2v) is 5.80. The maximum Gasteiger partial charge on any atom is 0.225 e. The van der Waals surface area contributed by atoms with Crippen LogP contribution >= 0.6 is 23.2 Å². The Bertz CT molecular complexity index is 683. The Morgan fingerprint density at radius 1 is 1.21 bits per heavy atom. The summed E-state index contributed by atoms with van der Waals surface area (Å²) in [6.07, 6.45) is 2.79. The molecule has 2 fully saturated rings. The maximum absolute atomic E-state index is 14.0. The summed E-state index contributed by atoms with van der Waals surface area (Å²) in [5.74, 6) is 1.50. The van der Waals surface area contributed by atoms with Gasteiger partial charge in [0.25, 0.3) is 0 Å². The quantitative estimate of drug-likeness (QED) is 0.600. The summed E-state index contributed by atoms with van der Waals surface area (Å²) < 4.78 is 14.0. The number of aromatic nitrogens is 3. The number of nitrogens with zero attached hydrogens (tertiary/aromatic N) is 4. The fourth-order valence-electron chi connectivity index (χ4n) is 2.80. The third-order valence-corrected chi connectivity index (χ3v) is 4.31. The Balaban J connectivity index is 1.92. The summed E-state index contributed by atoms with van der Waals surface area (Å²) in [5.41, 5.74) is 0.135. The van der Waals surface area contributed by atoms with Crippen LogP contribution in [0.1, 0.15) is 6.42 Å². The Labute approximate surface area is 118 Å². The van der Waals surface area contributed by atoms with Gasteiger partial charge < -0.3 is 4.90 Å². The molecule has 0 amide bonds. The zero-order valence-corrected chi connectivity index (χ0v) is 11.3. The van der Waals surface area contributed by atoms with E-state index in [1.165, 1.54) is 12.6 Å². The lowest BCUT2D eigenvalue weighted by atomic mass is 10.2. The summed E-state index contributed by atoms with van der Waals surface area (Å²) in [5, 5.41) is 0.398. The van der Waals surface area contributed by atoms with Crippen molar-refractivity contribution in [2.24, 2.45) is 11.8 Å². The van der Waals surface area contributed by atoms with Crippen LogP contribution in [-0.2, 0) is 0 Å². The van der Waals surface area contributed by atoms with Gasteiger partial charge in [-0.3, -0.25) is 0 Å². The van der Waals surface area contributed by atoms with Gasteiger partial charge in [-0.2, -0.15) is 4.98 Å². The molecule has 4 nitrogen and oxygen atoms in total. The van der Waals surface area contributed by atoms with Gasteiger partial charge in [-0.15, -0.1) is 0 Å². The van der Waals surface area contributed by atoms with Crippen molar-refractivity contribution in [3.8, 4) is 0 Å². The first kappa shape index (κ1) is 11.6. The van der Waals surface area contributed by atoms with Gasteiger partial charge in [0.05, 0.1) is 5.39 Å².